The van der Waals surface area contributed by atoms with E-state index < -0.39 is 6.10 Å². The van der Waals surface area contributed by atoms with Gasteiger partial charge < -0.3 is 19.5 Å². The molecule has 0 aliphatic rings. The minimum absolute atomic E-state index is 0.187. The van der Waals surface area contributed by atoms with Crippen molar-refractivity contribution in [3.05, 3.63) is 66.7 Å². The number of nitrogens with one attached hydrogen (secondary N) is 1. The van der Waals surface area contributed by atoms with Crippen LogP contribution in [0.5, 0.6) is 17.2 Å². The Morgan fingerprint density at radius 2 is 1.59 bits per heavy atom. The zero-order chi connectivity index (χ0) is 19.1. The number of amides is 1. The first-order chi connectivity index (χ1) is 13.2. The molecule has 3 aromatic carbocycles. The number of methoxy groups -OCH3 is 1. The summed E-state index contributed by atoms with van der Waals surface area (Å²) in [6.07, 6.45) is -0.598. The van der Waals surface area contributed by atoms with Gasteiger partial charge in [-0.25, -0.2) is 0 Å². The van der Waals surface area contributed by atoms with Gasteiger partial charge in [-0.2, -0.15) is 0 Å². The molecule has 0 aliphatic heterocycles. The SMILES string of the molecule is COc1ccc(O[C@@H](C)C(=O)NCCOc2ccc3ccccc3c2)cc1. The molecule has 0 aromatic heterocycles. The molecule has 1 N–H and O–H groups in total. The second kappa shape index (κ2) is 8.94. The Morgan fingerprint density at radius 3 is 2.33 bits per heavy atom. The summed E-state index contributed by atoms with van der Waals surface area (Å²) in [6.45, 7) is 2.51. The average molecular weight is 365 g/mol. The van der Waals surface area contributed by atoms with E-state index in [1.807, 2.05) is 36.4 Å². The number of carbonyl (C=O) groups excluding carboxylic acids is 1. The summed E-state index contributed by atoms with van der Waals surface area (Å²) in [7, 11) is 1.60. The van der Waals surface area contributed by atoms with Gasteiger partial charge in [0, 0.05) is 0 Å². The van der Waals surface area contributed by atoms with E-state index in [2.05, 4.69) is 11.4 Å². The summed E-state index contributed by atoms with van der Waals surface area (Å²) in [5, 5.41) is 5.11. The highest BCUT2D eigenvalue weighted by molar-refractivity contribution is 5.83. The van der Waals surface area contributed by atoms with Crippen molar-refractivity contribution in [1.82, 2.24) is 5.32 Å². The van der Waals surface area contributed by atoms with Crippen LogP contribution in [0.1, 0.15) is 6.92 Å². The molecular formula is C22H23NO4. The number of rotatable bonds is 8. The van der Waals surface area contributed by atoms with Gasteiger partial charge in [0.2, 0.25) is 0 Å². The number of hydrogen-bond donors (Lipinski definition) is 1. The lowest BCUT2D eigenvalue weighted by molar-refractivity contribution is -0.127. The largest absolute Gasteiger partial charge is 0.497 e. The van der Waals surface area contributed by atoms with Gasteiger partial charge in [-0.15, -0.1) is 0 Å². The predicted molar refractivity (Wildman–Crippen MR) is 106 cm³/mol. The maximum atomic E-state index is 12.1. The van der Waals surface area contributed by atoms with Crippen LogP contribution < -0.4 is 19.5 Å². The van der Waals surface area contributed by atoms with Gasteiger partial charge in [0.25, 0.3) is 5.91 Å². The van der Waals surface area contributed by atoms with Crippen LogP contribution in [0.25, 0.3) is 10.8 Å². The summed E-state index contributed by atoms with van der Waals surface area (Å²) in [5.41, 5.74) is 0. The first-order valence-electron chi connectivity index (χ1n) is 8.86. The summed E-state index contributed by atoms with van der Waals surface area (Å²) in [5.74, 6) is 1.95. The molecule has 3 rings (SSSR count). The highest BCUT2D eigenvalue weighted by Gasteiger charge is 2.14. The number of carbonyl (C=O) groups is 1. The van der Waals surface area contributed by atoms with E-state index in [-0.39, 0.29) is 5.91 Å². The first-order valence-corrected chi connectivity index (χ1v) is 8.86. The highest BCUT2D eigenvalue weighted by Crippen LogP contribution is 2.20. The van der Waals surface area contributed by atoms with E-state index in [0.29, 0.717) is 18.9 Å². The molecular weight excluding hydrogens is 342 g/mol. The quantitative estimate of drug-likeness (QED) is 0.617. The van der Waals surface area contributed by atoms with Crippen molar-refractivity contribution in [3.8, 4) is 17.2 Å². The predicted octanol–water partition coefficient (Wildman–Crippen LogP) is 3.81. The van der Waals surface area contributed by atoms with E-state index in [1.54, 1.807) is 38.3 Å². The number of hydrogen-bond acceptors (Lipinski definition) is 4. The molecule has 1 amide bonds. The molecule has 0 saturated heterocycles. The highest BCUT2D eigenvalue weighted by atomic mass is 16.5. The van der Waals surface area contributed by atoms with Crippen molar-refractivity contribution in [3.63, 3.8) is 0 Å². The standard InChI is InChI=1S/C22H23NO4/c1-16(27-20-11-9-19(25-2)10-12-20)22(24)23-13-14-26-21-8-7-17-5-3-4-6-18(17)15-21/h3-12,15-16H,13-14H2,1-2H3,(H,23,24)/t16-/m0/s1. The van der Waals surface area contributed by atoms with Gasteiger partial charge in [0.05, 0.1) is 13.7 Å². The molecule has 0 saturated carbocycles. The Labute approximate surface area is 158 Å². The maximum Gasteiger partial charge on any atom is 0.260 e. The summed E-state index contributed by atoms with van der Waals surface area (Å²) in [6, 6.07) is 21.2. The summed E-state index contributed by atoms with van der Waals surface area (Å²) >= 11 is 0. The molecule has 0 unspecified atom stereocenters. The normalized spacial score (nSPS) is 11.6. The van der Waals surface area contributed by atoms with Gasteiger partial charge in [-0.3, -0.25) is 4.79 Å². The van der Waals surface area contributed by atoms with E-state index in [9.17, 15) is 4.79 Å². The molecule has 5 heteroatoms. The Morgan fingerprint density at radius 1 is 0.926 bits per heavy atom. The first kappa shape index (κ1) is 18.6. The Hall–Kier alpha value is -3.21. The molecule has 27 heavy (non-hydrogen) atoms. The second-order valence-corrected chi connectivity index (χ2v) is 6.08. The van der Waals surface area contributed by atoms with Crippen molar-refractivity contribution < 1.29 is 19.0 Å². The van der Waals surface area contributed by atoms with E-state index >= 15 is 0 Å². The van der Waals surface area contributed by atoms with Crippen LogP contribution in [0, 0.1) is 0 Å². The summed E-state index contributed by atoms with van der Waals surface area (Å²) in [4.78, 5) is 12.1. The minimum Gasteiger partial charge on any atom is -0.497 e. The number of ether oxygens (including phenoxy) is 3. The molecule has 3 aromatic rings. The van der Waals surface area contributed by atoms with Gasteiger partial charge in [-0.05, 0) is 54.1 Å². The van der Waals surface area contributed by atoms with Gasteiger partial charge >= 0.3 is 0 Å². The molecule has 5 nitrogen and oxygen atoms in total. The summed E-state index contributed by atoms with van der Waals surface area (Å²) < 4.78 is 16.4. The van der Waals surface area contributed by atoms with Crippen molar-refractivity contribution in [2.24, 2.45) is 0 Å². The van der Waals surface area contributed by atoms with Crippen molar-refractivity contribution in [1.29, 1.82) is 0 Å². The van der Waals surface area contributed by atoms with Crippen molar-refractivity contribution >= 4 is 16.7 Å². The zero-order valence-corrected chi connectivity index (χ0v) is 15.5. The fourth-order valence-electron chi connectivity index (χ4n) is 2.66. The van der Waals surface area contributed by atoms with Gasteiger partial charge in [-0.1, -0.05) is 30.3 Å². The van der Waals surface area contributed by atoms with Crippen LogP contribution in [0.15, 0.2) is 66.7 Å². The van der Waals surface area contributed by atoms with Crippen molar-refractivity contribution in [2.75, 3.05) is 20.3 Å². The molecule has 0 aliphatic carbocycles. The van der Waals surface area contributed by atoms with Gasteiger partial charge in [0.1, 0.15) is 23.9 Å². The lowest BCUT2D eigenvalue weighted by atomic mass is 10.1. The topological polar surface area (TPSA) is 56.8 Å². The second-order valence-electron chi connectivity index (χ2n) is 6.08. The van der Waals surface area contributed by atoms with Crippen LogP contribution >= 0.6 is 0 Å². The van der Waals surface area contributed by atoms with E-state index in [1.165, 1.54) is 5.39 Å². The van der Waals surface area contributed by atoms with Crippen LogP contribution in [-0.2, 0) is 4.79 Å². The lowest BCUT2D eigenvalue weighted by Crippen LogP contribution is -2.38. The third-order valence-corrected chi connectivity index (χ3v) is 4.13. The Balaban J connectivity index is 1.42. The fourth-order valence-corrected chi connectivity index (χ4v) is 2.66. The Kier molecular flexibility index (Phi) is 6.15. The smallest absolute Gasteiger partial charge is 0.260 e. The van der Waals surface area contributed by atoms with Crippen LogP contribution in [0.3, 0.4) is 0 Å². The maximum absolute atomic E-state index is 12.1. The third-order valence-electron chi connectivity index (χ3n) is 4.13. The monoisotopic (exact) mass is 365 g/mol. The lowest BCUT2D eigenvalue weighted by Gasteiger charge is -2.15. The van der Waals surface area contributed by atoms with E-state index in [0.717, 1.165) is 16.9 Å². The molecule has 1 atom stereocenters. The van der Waals surface area contributed by atoms with Crippen LogP contribution in [0.4, 0.5) is 0 Å². The van der Waals surface area contributed by atoms with Crippen LogP contribution in [0.2, 0.25) is 0 Å². The minimum atomic E-state index is -0.598. The van der Waals surface area contributed by atoms with Gasteiger partial charge in [0.15, 0.2) is 6.10 Å². The average Bonchev–Trinajstić information content (AvgIpc) is 2.71. The molecule has 0 fully saturated rings. The molecule has 0 radical (unpaired) electrons. The molecule has 140 valence electrons. The molecule has 0 spiro atoms. The van der Waals surface area contributed by atoms with Crippen LogP contribution in [-0.4, -0.2) is 32.3 Å². The Bertz CT molecular complexity index is 892. The van der Waals surface area contributed by atoms with Crippen molar-refractivity contribution in [2.45, 2.75) is 13.0 Å². The molecule has 0 heterocycles. The third kappa shape index (κ3) is 5.14. The number of fused-ring (bicyclic) bond motifs is 1. The number of benzene rings is 3. The van der Waals surface area contributed by atoms with E-state index in [4.69, 9.17) is 14.2 Å². The molecule has 0 bridgehead atoms. The fraction of sp³-hybridized carbons (Fsp3) is 0.227. The zero-order valence-electron chi connectivity index (χ0n) is 15.5.